The molecule has 0 amide bonds. The van der Waals surface area contributed by atoms with E-state index in [1.807, 2.05) is 12.1 Å². The number of aromatic nitrogens is 2. The zero-order valence-corrected chi connectivity index (χ0v) is 24.0. The van der Waals surface area contributed by atoms with Crippen molar-refractivity contribution in [2.45, 2.75) is 76.3 Å². The van der Waals surface area contributed by atoms with Crippen molar-refractivity contribution in [1.82, 2.24) is 15.3 Å². The molecular weight excluding hydrogens is 519 g/mol. The Hall–Kier alpha value is -3.26. The van der Waals surface area contributed by atoms with E-state index in [0.717, 1.165) is 50.7 Å². The maximum Gasteiger partial charge on any atom is 0.232 e. The van der Waals surface area contributed by atoms with Crippen LogP contribution < -0.4 is 20.4 Å². The summed E-state index contributed by atoms with van der Waals surface area (Å²) >= 11 is 5.79. The molecule has 3 heterocycles. The lowest BCUT2D eigenvalue weighted by Crippen LogP contribution is -2.43. The third-order valence-corrected chi connectivity index (χ3v) is 9.12. The van der Waals surface area contributed by atoms with Crippen molar-refractivity contribution in [3.63, 3.8) is 0 Å². The average Bonchev–Trinajstić information content (AvgIpc) is 3.23. The largest absolute Gasteiger partial charge is 0.361 e. The Bertz CT molecular complexity index is 1290. The monoisotopic (exact) mass is 558 g/mol. The van der Waals surface area contributed by atoms with Gasteiger partial charge in [0.15, 0.2) is 5.11 Å². The van der Waals surface area contributed by atoms with Gasteiger partial charge in [0, 0.05) is 44.2 Å². The van der Waals surface area contributed by atoms with E-state index in [9.17, 15) is 4.39 Å². The number of benzene rings is 2. The molecule has 0 unspecified atom stereocenters. The van der Waals surface area contributed by atoms with Crippen LogP contribution in [-0.4, -0.2) is 34.7 Å². The lowest BCUT2D eigenvalue weighted by molar-refractivity contribution is 0.292. The summed E-state index contributed by atoms with van der Waals surface area (Å²) in [6, 6.07) is 17.8. The van der Waals surface area contributed by atoms with Gasteiger partial charge in [-0.05, 0) is 66.7 Å². The highest BCUT2D eigenvalue weighted by atomic mass is 32.1. The van der Waals surface area contributed by atoms with Gasteiger partial charge in [-0.25, -0.2) is 4.39 Å². The topological polar surface area (TPSA) is 56.3 Å². The lowest BCUT2D eigenvalue weighted by atomic mass is 9.69. The van der Waals surface area contributed by atoms with Gasteiger partial charge in [-0.15, -0.1) is 0 Å². The highest BCUT2D eigenvalue weighted by Gasteiger charge is 2.34. The van der Waals surface area contributed by atoms with Gasteiger partial charge in [-0.3, -0.25) is 0 Å². The number of rotatable bonds is 6. The van der Waals surface area contributed by atoms with Crippen LogP contribution in [0.15, 0.2) is 54.6 Å². The number of nitrogens with one attached hydrogen (secondary N) is 2. The van der Waals surface area contributed by atoms with Gasteiger partial charge in [-0.1, -0.05) is 68.5 Å². The maximum atomic E-state index is 13.7. The quantitative estimate of drug-likeness (QED) is 0.326. The molecular formula is C32H39FN6S. The molecule has 3 aliphatic rings. The zero-order chi connectivity index (χ0) is 27.4. The van der Waals surface area contributed by atoms with Crippen LogP contribution in [0.2, 0.25) is 0 Å². The smallest absolute Gasteiger partial charge is 0.232 e. The molecule has 6 rings (SSSR count). The Morgan fingerprint density at radius 1 is 0.800 bits per heavy atom. The van der Waals surface area contributed by atoms with Gasteiger partial charge in [0.1, 0.15) is 17.5 Å². The first-order valence-electron chi connectivity index (χ1n) is 14.8. The number of hydrogen-bond donors (Lipinski definition) is 2. The fourth-order valence-corrected chi connectivity index (χ4v) is 6.76. The maximum absolute atomic E-state index is 13.7. The fraction of sp³-hybridized carbons (Fsp3) is 0.469. The molecule has 6 nitrogen and oxygen atoms in total. The first-order chi connectivity index (χ1) is 19.6. The van der Waals surface area contributed by atoms with E-state index in [4.69, 9.17) is 22.2 Å². The van der Waals surface area contributed by atoms with E-state index in [1.165, 1.54) is 61.6 Å². The molecule has 40 heavy (non-hydrogen) atoms. The minimum Gasteiger partial charge on any atom is -0.361 e. The second-order valence-corrected chi connectivity index (χ2v) is 12.0. The van der Waals surface area contributed by atoms with Gasteiger partial charge in [0.05, 0.1) is 0 Å². The van der Waals surface area contributed by atoms with Crippen LogP contribution >= 0.6 is 12.2 Å². The van der Waals surface area contributed by atoms with Crippen LogP contribution in [0.25, 0.3) is 0 Å². The summed E-state index contributed by atoms with van der Waals surface area (Å²) in [7, 11) is 0. The van der Waals surface area contributed by atoms with Gasteiger partial charge in [0.25, 0.3) is 0 Å². The van der Waals surface area contributed by atoms with Crippen LogP contribution in [0.4, 0.5) is 22.0 Å². The highest BCUT2D eigenvalue weighted by Crippen LogP contribution is 2.39. The van der Waals surface area contributed by atoms with Crippen molar-refractivity contribution in [3.8, 4) is 0 Å². The summed E-state index contributed by atoms with van der Waals surface area (Å²) in [5, 5.41) is 7.33. The number of hydrogen-bond acceptors (Lipinski definition) is 5. The predicted molar refractivity (Wildman–Crippen MR) is 164 cm³/mol. The summed E-state index contributed by atoms with van der Waals surface area (Å²) in [4.78, 5) is 14.6. The van der Waals surface area contributed by atoms with Crippen LogP contribution in [0.1, 0.15) is 74.5 Å². The molecule has 0 spiro atoms. The highest BCUT2D eigenvalue weighted by molar-refractivity contribution is 7.80. The van der Waals surface area contributed by atoms with Crippen molar-refractivity contribution in [2.75, 3.05) is 34.8 Å². The van der Waals surface area contributed by atoms with Gasteiger partial charge in [0.2, 0.25) is 5.95 Å². The van der Waals surface area contributed by atoms with Crippen molar-refractivity contribution in [1.29, 1.82) is 0 Å². The number of halogens is 1. The summed E-state index contributed by atoms with van der Waals surface area (Å²) in [6.45, 7) is 4.41. The number of nitrogens with zero attached hydrogens (tertiary/aromatic N) is 4. The van der Waals surface area contributed by atoms with Gasteiger partial charge in [-0.2, -0.15) is 9.97 Å². The van der Waals surface area contributed by atoms with Crippen LogP contribution in [0, 0.1) is 5.82 Å². The molecule has 210 valence electrons. The lowest BCUT2D eigenvalue weighted by Gasteiger charge is -2.38. The van der Waals surface area contributed by atoms with Crippen molar-refractivity contribution in [2.24, 2.45) is 0 Å². The first-order valence-corrected chi connectivity index (χ1v) is 15.3. The van der Waals surface area contributed by atoms with E-state index >= 15 is 0 Å². The molecule has 0 bridgehead atoms. The van der Waals surface area contributed by atoms with Crippen LogP contribution in [0.5, 0.6) is 0 Å². The predicted octanol–water partition coefficient (Wildman–Crippen LogP) is 6.70. The summed E-state index contributed by atoms with van der Waals surface area (Å²) in [6.07, 6.45) is 10.6. The Labute approximate surface area is 242 Å². The van der Waals surface area contributed by atoms with E-state index in [2.05, 4.69) is 50.8 Å². The summed E-state index contributed by atoms with van der Waals surface area (Å²) in [5.41, 5.74) is 3.82. The molecule has 0 radical (unpaired) electrons. The second kappa shape index (κ2) is 12.1. The van der Waals surface area contributed by atoms with Gasteiger partial charge >= 0.3 is 0 Å². The standard InChI is InChI=1S/C32H39FN6S/c33-27-14-12-26(13-15-27)32(16-6-3-7-17-32)23-34-31(40)37-30-35-28(38-18-8-1-2-9-19-38)20-29(36-30)39-21-24-10-4-5-11-25(24)22-39/h4-5,10-15,20H,1-3,6-9,16-19,21-23H2,(H2,34,35,36,37,40). The molecule has 2 aromatic carbocycles. The molecule has 0 atom stereocenters. The third kappa shape index (κ3) is 6.07. The molecule has 2 aliphatic heterocycles. The minimum absolute atomic E-state index is 0.0566. The normalized spacial score (nSPS) is 18.6. The Morgan fingerprint density at radius 2 is 1.40 bits per heavy atom. The summed E-state index contributed by atoms with van der Waals surface area (Å²) in [5.74, 6) is 2.22. The molecule has 2 fully saturated rings. The van der Waals surface area contributed by atoms with Crippen molar-refractivity contribution in [3.05, 3.63) is 77.1 Å². The number of anilines is 3. The Kier molecular flexibility index (Phi) is 8.14. The van der Waals surface area contributed by atoms with Crippen molar-refractivity contribution < 1.29 is 4.39 Å². The fourth-order valence-electron chi connectivity index (χ4n) is 6.59. The molecule has 1 saturated heterocycles. The molecule has 3 aromatic rings. The Morgan fingerprint density at radius 3 is 2.05 bits per heavy atom. The minimum atomic E-state index is -0.196. The van der Waals surface area contributed by atoms with Crippen LogP contribution in [-0.2, 0) is 18.5 Å². The SMILES string of the molecule is Fc1ccc(C2(CNC(=S)Nc3nc(N4CCCCCC4)cc(N4Cc5ccccc5C4)n3)CCCCC2)cc1. The molecule has 8 heteroatoms. The van der Waals surface area contributed by atoms with Gasteiger partial charge < -0.3 is 20.4 Å². The zero-order valence-electron chi connectivity index (χ0n) is 23.2. The van der Waals surface area contributed by atoms with Crippen molar-refractivity contribution >= 4 is 34.9 Å². The second-order valence-electron chi connectivity index (χ2n) is 11.6. The van der Waals surface area contributed by atoms with E-state index in [-0.39, 0.29) is 11.2 Å². The van der Waals surface area contributed by atoms with E-state index in [0.29, 0.717) is 17.6 Å². The average molecular weight is 559 g/mol. The number of thiocarbonyl (C=S) groups is 1. The molecule has 1 aromatic heterocycles. The van der Waals surface area contributed by atoms with Crippen LogP contribution in [0.3, 0.4) is 0 Å². The third-order valence-electron chi connectivity index (χ3n) is 8.87. The van der Waals surface area contributed by atoms with E-state index < -0.39 is 0 Å². The van der Waals surface area contributed by atoms with E-state index in [1.54, 1.807) is 12.1 Å². The first kappa shape index (κ1) is 26.9. The molecule has 1 saturated carbocycles. The summed E-state index contributed by atoms with van der Waals surface area (Å²) < 4.78 is 13.7. The molecule has 2 N–H and O–H groups in total. The Balaban J connectivity index is 1.21. The number of fused-ring (bicyclic) bond motifs is 1. The molecule has 1 aliphatic carbocycles.